The molecule has 1 aliphatic rings. The zero-order valence-electron chi connectivity index (χ0n) is 10.8. The highest BCUT2D eigenvalue weighted by molar-refractivity contribution is 7.07. The Morgan fingerprint density at radius 1 is 1.58 bits per heavy atom. The molecule has 0 spiro atoms. The van der Waals surface area contributed by atoms with Crippen LogP contribution in [0.1, 0.15) is 41.8 Å². The molecule has 2 aromatic rings. The van der Waals surface area contributed by atoms with Gasteiger partial charge in [-0.05, 0) is 35.2 Å². The van der Waals surface area contributed by atoms with E-state index in [1.54, 1.807) is 11.3 Å². The fourth-order valence-corrected chi connectivity index (χ4v) is 2.67. The van der Waals surface area contributed by atoms with Crippen LogP contribution in [0.15, 0.2) is 16.8 Å². The molecule has 6 heteroatoms. The van der Waals surface area contributed by atoms with Gasteiger partial charge in [0.15, 0.2) is 0 Å². The van der Waals surface area contributed by atoms with Crippen LogP contribution >= 0.6 is 11.3 Å². The predicted molar refractivity (Wildman–Crippen MR) is 73.0 cm³/mol. The second-order valence-corrected chi connectivity index (χ2v) is 5.54. The van der Waals surface area contributed by atoms with Gasteiger partial charge in [0, 0.05) is 19.0 Å². The van der Waals surface area contributed by atoms with Crippen LogP contribution in [0.5, 0.6) is 0 Å². The lowest BCUT2D eigenvalue weighted by molar-refractivity contribution is 0.0718. The molecule has 0 saturated heterocycles. The van der Waals surface area contributed by atoms with Crippen molar-refractivity contribution in [3.05, 3.63) is 34.0 Å². The molecule has 1 saturated carbocycles. The van der Waals surface area contributed by atoms with Crippen LogP contribution in [-0.4, -0.2) is 32.0 Å². The average Bonchev–Trinajstić information content (AvgIpc) is 2.95. The maximum absolute atomic E-state index is 12.5. The number of nitrogens with zero attached hydrogens (tertiary/aromatic N) is 3. The zero-order chi connectivity index (χ0) is 13.2. The van der Waals surface area contributed by atoms with E-state index in [-0.39, 0.29) is 5.91 Å². The quantitative estimate of drug-likeness (QED) is 0.911. The highest BCUT2D eigenvalue weighted by atomic mass is 32.1. The summed E-state index contributed by atoms with van der Waals surface area (Å²) < 4.78 is 0. The Kier molecular flexibility index (Phi) is 3.33. The maximum atomic E-state index is 12.5. The van der Waals surface area contributed by atoms with Gasteiger partial charge in [-0.2, -0.15) is 11.3 Å². The monoisotopic (exact) mass is 276 g/mol. The Morgan fingerprint density at radius 2 is 2.42 bits per heavy atom. The number of aryl methyl sites for hydroxylation is 1. The van der Waals surface area contributed by atoms with Crippen LogP contribution in [-0.2, 0) is 13.0 Å². The molecule has 0 aromatic carbocycles. The number of thiophene rings is 1. The Balaban J connectivity index is 1.77. The first-order valence-corrected chi connectivity index (χ1v) is 7.45. The van der Waals surface area contributed by atoms with E-state index in [1.165, 1.54) is 5.56 Å². The lowest BCUT2D eigenvalue weighted by Gasteiger charge is -2.20. The number of nitrogens with one attached hydrogen (secondary N) is 1. The van der Waals surface area contributed by atoms with Gasteiger partial charge in [0.1, 0.15) is 5.82 Å². The molecule has 1 N–H and O–H groups in total. The number of rotatable bonds is 5. The largest absolute Gasteiger partial charge is 0.329 e. The fraction of sp³-hybridized carbons (Fsp3) is 0.462. The Labute approximate surface area is 115 Å². The van der Waals surface area contributed by atoms with Crippen molar-refractivity contribution in [3.8, 4) is 0 Å². The predicted octanol–water partition coefficient (Wildman–Crippen LogP) is 2.23. The van der Waals surface area contributed by atoms with Crippen molar-refractivity contribution >= 4 is 17.2 Å². The second kappa shape index (κ2) is 5.13. The minimum Gasteiger partial charge on any atom is -0.329 e. The van der Waals surface area contributed by atoms with Crippen molar-refractivity contribution in [2.75, 3.05) is 0 Å². The van der Waals surface area contributed by atoms with E-state index in [0.717, 1.165) is 25.1 Å². The molecule has 5 nitrogen and oxygen atoms in total. The molecule has 2 heterocycles. The SMILES string of the molecule is CCc1nc(C(=O)N(Cc2ccsc2)C2CC2)n[nH]1. The van der Waals surface area contributed by atoms with Crippen molar-refractivity contribution in [2.45, 2.75) is 38.8 Å². The third-order valence-corrected chi connectivity index (χ3v) is 3.97. The van der Waals surface area contributed by atoms with Gasteiger partial charge in [-0.25, -0.2) is 4.98 Å². The van der Waals surface area contributed by atoms with E-state index in [1.807, 2.05) is 17.2 Å². The lowest BCUT2D eigenvalue weighted by Crippen LogP contribution is -2.33. The molecule has 3 rings (SSSR count). The lowest BCUT2D eigenvalue weighted by atomic mass is 10.3. The summed E-state index contributed by atoms with van der Waals surface area (Å²) in [5.74, 6) is 0.984. The third kappa shape index (κ3) is 2.68. The molecule has 1 aliphatic carbocycles. The zero-order valence-corrected chi connectivity index (χ0v) is 11.6. The number of carbonyl (C=O) groups excluding carboxylic acids is 1. The summed E-state index contributed by atoms with van der Waals surface area (Å²) in [5, 5.41) is 10.9. The molecular weight excluding hydrogens is 260 g/mol. The fourth-order valence-electron chi connectivity index (χ4n) is 2.01. The van der Waals surface area contributed by atoms with Crippen LogP contribution < -0.4 is 0 Å². The maximum Gasteiger partial charge on any atom is 0.294 e. The molecule has 0 atom stereocenters. The number of amides is 1. The van der Waals surface area contributed by atoms with Gasteiger partial charge in [-0.1, -0.05) is 6.92 Å². The number of hydrogen-bond donors (Lipinski definition) is 1. The summed E-state index contributed by atoms with van der Waals surface area (Å²) in [6.45, 7) is 2.64. The van der Waals surface area contributed by atoms with Crippen LogP contribution in [0.25, 0.3) is 0 Å². The van der Waals surface area contributed by atoms with Crippen LogP contribution in [0, 0.1) is 0 Å². The number of carbonyl (C=O) groups is 1. The summed E-state index contributed by atoms with van der Waals surface area (Å²) >= 11 is 1.65. The molecular formula is C13H16N4OS. The molecule has 0 aliphatic heterocycles. The van der Waals surface area contributed by atoms with Crippen molar-refractivity contribution in [3.63, 3.8) is 0 Å². The number of hydrogen-bond acceptors (Lipinski definition) is 4. The van der Waals surface area contributed by atoms with Crippen LogP contribution in [0.4, 0.5) is 0 Å². The number of H-pyrrole nitrogens is 1. The highest BCUT2D eigenvalue weighted by Crippen LogP contribution is 2.29. The van der Waals surface area contributed by atoms with Crippen molar-refractivity contribution < 1.29 is 4.79 Å². The molecule has 100 valence electrons. The van der Waals surface area contributed by atoms with Gasteiger partial charge < -0.3 is 4.90 Å². The van der Waals surface area contributed by atoms with E-state index in [0.29, 0.717) is 18.4 Å². The van der Waals surface area contributed by atoms with E-state index in [4.69, 9.17) is 0 Å². The highest BCUT2D eigenvalue weighted by Gasteiger charge is 2.34. The Bertz CT molecular complexity index is 559. The van der Waals surface area contributed by atoms with Gasteiger partial charge in [-0.15, -0.1) is 5.10 Å². The van der Waals surface area contributed by atoms with Crippen molar-refractivity contribution in [2.24, 2.45) is 0 Å². The third-order valence-electron chi connectivity index (χ3n) is 3.24. The van der Waals surface area contributed by atoms with Crippen LogP contribution in [0.3, 0.4) is 0 Å². The van der Waals surface area contributed by atoms with E-state index in [9.17, 15) is 4.79 Å². The summed E-state index contributed by atoms with van der Waals surface area (Å²) in [4.78, 5) is 18.6. The smallest absolute Gasteiger partial charge is 0.294 e. The first-order valence-electron chi connectivity index (χ1n) is 6.51. The molecule has 0 radical (unpaired) electrons. The second-order valence-electron chi connectivity index (χ2n) is 4.76. The van der Waals surface area contributed by atoms with E-state index >= 15 is 0 Å². The average molecular weight is 276 g/mol. The van der Waals surface area contributed by atoms with E-state index < -0.39 is 0 Å². The minimum atomic E-state index is -0.0651. The number of aromatic nitrogens is 3. The summed E-state index contributed by atoms with van der Waals surface area (Å²) in [6.07, 6.45) is 2.93. The van der Waals surface area contributed by atoms with Gasteiger partial charge in [0.05, 0.1) is 0 Å². The first kappa shape index (κ1) is 12.3. The van der Waals surface area contributed by atoms with Gasteiger partial charge >= 0.3 is 0 Å². The van der Waals surface area contributed by atoms with Gasteiger partial charge in [0.2, 0.25) is 5.82 Å². The van der Waals surface area contributed by atoms with Gasteiger partial charge in [0.25, 0.3) is 5.91 Å². The summed E-state index contributed by atoms with van der Waals surface area (Å²) in [7, 11) is 0. The van der Waals surface area contributed by atoms with Crippen LogP contribution in [0.2, 0.25) is 0 Å². The molecule has 19 heavy (non-hydrogen) atoms. The van der Waals surface area contributed by atoms with Crippen molar-refractivity contribution in [1.29, 1.82) is 0 Å². The molecule has 0 bridgehead atoms. The molecule has 0 unspecified atom stereocenters. The molecule has 1 fully saturated rings. The Hall–Kier alpha value is -1.69. The summed E-state index contributed by atoms with van der Waals surface area (Å²) in [5.41, 5.74) is 1.18. The first-order chi connectivity index (χ1) is 9.28. The number of aromatic amines is 1. The standard InChI is InChI=1S/C13H16N4OS/c1-2-11-14-12(16-15-11)13(18)17(10-3-4-10)7-9-5-6-19-8-9/h5-6,8,10H,2-4,7H2,1H3,(H,14,15,16). The minimum absolute atomic E-state index is 0.0651. The summed E-state index contributed by atoms with van der Waals surface area (Å²) in [6, 6.07) is 2.42. The topological polar surface area (TPSA) is 61.9 Å². The normalized spacial score (nSPS) is 14.6. The van der Waals surface area contributed by atoms with Crippen molar-refractivity contribution in [1.82, 2.24) is 20.1 Å². The molecule has 2 aromatic heterocycles. The van der Waals surface area contributed by atoms with E-state index in [2.05, 4.69) is 26.6 Å². The Morgan fingerprint density at radius 3 is 3.00 bits per heavy atom. The molecule has 1 amide bonds. The van der Waals surface area contributed by atoms with Gasteiger partial charge in [-0.3, -0.25) is 9.89 Å².